The number of Topliss-reactive ketones (excluding diaryl/α,β-unsaturated/α-hetero) is 1. The van der Waals surface area contributed by atoms with Crippen molar-refractivity contribution in [2.75, 3.05) is 40.4 Å². The number of nitrogens with zero attached hydrogens (tertiary/aromatic N) is 1. The molecule has 152 valence electrons. The first-order chi connectivity index (χ1) is 13.5. The average Bonchev–Trinajstić information content (AvgIpc) is 2.73. The molecule has 0 bridgehead atoms. The number of ether oxygens (including phenoxy) is 2. The summed E-state index contributed by atoms with van der Waals surface area (Å²) in [6.07, 6.45) is 0. The Morgan fingerprint density at radius 1 is 1.07 bits per heavy atom. The van der Waals surface area contributed by atoms with E-state index >= 15 is 0 Å². The van der Waals surface area contributed by atoms with Gasteiger partial charge in [-0.05, 0) is 49.0 Å². The van der Waals surface area contributed by atoms with Crippen LogP contribution in [-0.2, 0) is 0 Å². The van der Waals surface area contributed by atoms with Crippen molar-refractivity contribution in [3.63, 3.8) is 0 Å². The fraction of sp³-hybridized carbons (Fsp3) is 0.409. The molecule has 2 aromatic rings. The molecule has 1 N–H and O–H groups in total. The molecule has 0 amide bonds. The molecule has 0 fully saturated rings. The van der Waals surface area contributed by atoms with Gasteiger partial charge in [-0.15, -0.1) is 0 Å². The lowest BCUT2D eigenvalue weighted by molar-refractivity contribution is 0.0986. The van der Waals surface area contributed by atoms with E-state index in [9.17, 15) is 9.18 Å². The van der Waals surface area contributed by atoms with Gasteiger partial charge in [-0.2, -0.15) is 0 Å². The smallest absolute Gasteiger partial charge is 0.176 e. The maximum absolute atomic E-state index is 13.8. The van der Waals surface area contributed by atoms with E-state index in [-0.39, 0.29) is 24.1 Å². The number of likely N-dealkylation sites (N-methyl/N-ethyl adjacent to an activating group) is 1. The lowest BCUT2D eigenvalue weighted by atomic mass is 10.0. The van der Waals surface area contributed by atoms with Gasteiger partial charge >= 0.3 is 0 Å². The predicted molar refractivity (Wildman–Crippen MR) is 109 cm³/mol. The fourth-order valence-corrected chi connectivity index (χ4v) is 3.21. The van der Waals surface area contributed by atoms with Gasteiger partial charge in [0.1, 0.15) is 5.75 Å². The van der Waals surface area contributed by atoms with Gasteiger partial charge in [0.15, 0.2) is 17.3 Å². The average molecular weight is 388 g/mol. The highest BCUT2D eigenvalue weighted by Crippen LogP contribution is 2.23. The Balaban J connectivity index is 2.04. The maximum atomic E-state index is 13.8. The van der Waals surface area contributed by atoms with Crippen molar-refractivity contribution >= 4 is 5.78 Å². The monoisotopic (exact) mass is 388 g/mol. The van der Waals surface area contributed by atoms with Crippen molar-refractivity contribution in [3.8, 4) is 11.5 Å². The Morgan fingerprint density at radius 2 is 1.75 bits per heavy atom. The quantitative estimate of drug-likeness (QED) is 0.595. The van der Waals surface area contributed by atoms with E-state index in [1.807, 2.05) is 24.3 Å². The highest BCUT2D eigenvalue weighted by molar-refractivity contribution is 5.97. The lowest BCUT2D eigenvalue weighted by Gasteiger charge is -2.30. The molecule has 0 heterocycles. The van der Waals surface area contributed by atoms with Crippen molar-refractivity contribution < 1.29 is 18.7 Å². The molecule has 2 rings (SSSR count). The minimum Gasteiger partial charge on any atom is -0.497 e. The second-order valence-corrected chi connectivity index (χ2v) is 6.41. The number of hydrogen-bond donors (Lipinski definition) is 1. The van der Waals surface area contributed by atoms with E-state index in [1.165, 1.54) is 19.2 Å². The van der Waals surface area contributed by atoms with Crippen LogP contribution >= 0.6 is 0 Å². The molecule has 0 aliphatic carbocycles. The van der Waals surface area contributed by atoms with Crippen LogP contribution in [0.5, 0.6) is 11.5 Å². The first-order valence-corrected chi connectivity index (χ1v) is 9.49. The molecule has 0 aliphatic heterocycles. The Kier molecular flexibility index (Phi) is 8.42. The number of hydrogen-bond acceptors (Lipinski definition) is 5. The third-order valence-electron chi connectivity index (χ3n) is 4.85. The minimum absolute atomic E-state index is 0.126. The van der Waals surface area contributed by atoms with Crippen LogP contribution in [0, 0.1) is 5.82 Å². The molecule has 0 spiro atoms. The van der Waals surface area contributed by atoms with E-state index in [1.54, 1.807) is 13.2 Å². The molecule has 0 radical (unpaired) electrons. The molecule has 0 aliphatic rings. The van der Waals surface area contributed by atoms with Gasteiger partial charge in [0.2, 0.25) is 0 Å². The Hall–Kier alpha value is -2.44. The SMILES string of the molecule is CCN(CC)C(CNCC(=O)c1ccc(OC)c(F)c1)c1ccc(OC)cc1. The Bertz CT molecular complexity index is 761. The standard InChI is InChI=1S/C22H29FN2O3/c1-5-25(6-2)20(16-7-10-18(27-3)11-8-16)14-24-15-21(26)17-9-12-22(28-4)19(23)13-17/h7-13,20,24H,5-6,14-15H2,1-4H3. The van der Waals surface area contributed by atoms with Gasteiger partial charge in [0, 0.05) is 18.2 Å². The van der Waals surface area contributed by atoms with Gasteiger partial charge in [0.25, 0.3) is 0 Å². The zero-order valence-corrected chi connectivity index (χ0v) is 17.0. The lowest BCUT2D eigenvalue weighted by Crippen LogP contribution is -2.37. The van der Waals surface area contributed by atoms with Crippen LogP contribution in [0.1, 0.15) is 35.8 Å². The van der Waals surface area contributed by atoms with Gasteiger partial charge in [-0.3, -0.25) is 9.69 Å². The van der Waals surface area contributed by atoms with E-state index < -0.39 is 5.82 Å². The summed E-state index contributed by atoms with van der Waals surface area (Å²) >= 11 is 0. The van der Waals surface area contributed by atoms with Gasteiger partial charge in [-0.1, -0.05) is 26.0 Å². The normalized spacial score (nSPS) is 12.1. The van der Waals surface area contributed by atoms with E-state index in [0.717, 1.165) is 24.4 Å². The minimum atomic E-state index is -0.535. The summed E-state index contributed by atoms with van der Waals surface area (Å²) in [6.45, 7) is 6.77. The zero-order chi connectivity index (χ0) is 20.5. The first kappa shape index (κ1) is 21.9. The van der Waals surface area contributed by atoms with E-state index in [2.05, 4.69) is 24.1 Å². The van der Waals surface area contributed by atoms with Crippen LogP contribution in [0.25, 0.3) is 0 Å². The number of methoxy groups -OCH3 is 2. The number of nitrogens with one attached hydrogen (secondary N) is 1. The van der Waals surface area contributed by atoms with Crippen molar-refractivity contribution in [3.05, 3.63) is 59.4 Å². The molecule has 2 aromatic carbocycles. The molecule has 28 heavy (non-hydrogen) atoms. The van der Waals surface area contributed by atoms with Gasteiger partial charge < -0.3 is 14.8 Å². The van der Waals surface area contributed by atoms with Gasteiger partial charge in [0.05, 0.1) is 20.8 Å². The number of carbonyl (C=O) groups excluding carboxylic acids is 1. The molecule has 0 aromatic heterocycles. The molecule has 0 saturated carbocycles. The third-order valence-corrected chi connectivity index (χ3v) is 4.85. The summed E-state index contributed by atoms with van der Waals surface area (Å²) in [6, 6.07) is 12.4. The van der Waals surface area contributed by atoms with Crippen molar-refractivity contribution in [2.24, 2.45) is 0 Å². The molecule has 0 saturated heterocycles. The van der Waals surface area contributed by atoms with Crippen LogP contribution in [0.4, 0.5) is 4.39 Å². The summed E-state index contributed by atoms with van der Waals surface area (Å²) < 4.78 is 24.0. The molecule has 1 unspecified atom stereocenters. The summed E-state index contributed by atoms with van der Waals surface area (Å²) in [4.78, 5) is 14.7. The van der Waals surface area contributed by atoms with Crippen LogP contribution in [0.3, 0.4) is 0 Å². The number of ketones is 1. The fourth-order valence-electron chi connectivity index (χ4n) is 3.21. The summed E-state index contributed by atoms with van der Waals surface area (Å²) in [5, 5.41) is 3.23. The number of rotatable bonds is 11. The third kappa shape index (κ3) is 5.53. The van der Waals surface area contributed by atoms with Crippen molar-refractivity contribution in [2.45, 2.75) is 19.9 Å². The summed E-state index contributed by atoms with van der Waals surface area (Å²) in [7, 11) is 3.04. The van der Waals surface area contributed by atoms with Crippen molar-refractivity contribution in [1.82, 2.24) is 10.2 Å². The molecular weight excluding hydrogens is 359 g/mol. The van der Waals surface area contributed by atoms with E-state index in [4.69, 9.17) is 9.47 Å². The number of halogens is 1. The Labute approximate surface area is 166 Å². The zero-order valence-electron chi connectivity index (χ0n) is 17.0. The second kappa shape index (κ2) is 10.8. The molecule has 6 heteroatoms. The number of carbonyl (C=O) groups is 1. The molecule has 1 atom stereocenters. The second-order valence-electron chi connectivity index (χ2n) is 6.41. The maximum Gasteiger partial charge on any atom is 0.176 e. The van der Waals surface area contributed by atoms with Crippen LogP contribution in [-0.4, -0.2) is 51.1 Å². The largest absolute Gasteiger partial charge is 0.497 e. The van der Waals surface area contributed by atoms with E-state index in [0.29, 0.717) is 12.1 Å². The first-order valence-electron chi connectivity index (χ1n) is 9.49. The molecular formula is C22H29FN2O3. The summed E-state index contributed by atoms with van der Waals surface area (Å²) in [5.74, 6) is 0.250. The Morgan fingerprint density at radius 3 is 2.29 bits per heavy atom. The van der Waals surface area contributed by atoms with Crippen LogP contribution in [0.2, 0.25) is 0 Å². The highest BCUT2D eigenvalue weighted by Gasteiger charge is 2.18. The molecule has 5 nitrogen and oxygen atoms in total. The van der Waals surface area contributed by atoms with Crippen molar-refractivity contribution in [1.29, 1.82) is 0 Å². The number of benzene rings is 2. The van der Waals surface area contributed by atoms with Crippen LogP contribution < -0.4 is 14.8 Å². The summed E-state index contributed by atoms with van der Waals surface area (Å²) in [5.41, 5.74) is 1.48. The topological polar surface area (TPSA) is 50.8 Å². The predicted octanol–water partition coefficient (Wildman–Crippen LogP) is 3.70. The van der Waals surface area contributed by atoms with Crippen LogP contribution in [0.15, 0.2) is 42.5 Å². The highest BCUT2D eigenvalue weighted by atomic mass is 19.1. The van der Waals surface area contributed by atoms with Gasteiger partial charge in [-0.25, -0.2) is 4.39 Å².